The minimum atomic E-state index is -1.26. The molecule has 1 aromatic carbocycles. The van der Waals surface area contributed by atoms with E-state index in [2.05, 4.69) is 25.9 Å². The van der Waals surface area contributed by atoms with Crippen LogP contribution in [0.3, 0.4) is 0 Å². The Kier molecular flexibility index (Phi) is 11.3. The summed E-state index contributed by atoms with van der Waals surface area (Å²) in [5.74, 6) is -3.50. The zero-order valence-corrected chi connectivity index (χ0v) is 22.1. The molecule has 12 heteroatoms. The molecule has 0 saturated carbocycles. The van der Waals surface area contributed by atoms with Gasteiger partial charge < -0.3 is 36.9 Å². The molecule has 5 atom stereocenters. The summed E-state index contributed by atoms with van der Waals surface area (Å²) in [7, 11) is 0. The number of nitrogens with one attached hydrogen (secondary N) is 4. The minimum absolute atomic E-state index is 0.0197. The van der Waals surface area contributed by atoms with Crippen LogP contribution in [0.5, 0.6) is 5.75 Å². The number of aromatic nitrogens is 2. The van der Waals surface area contributed by atoms with E-state index in [4.69, 9.17) is 5.73 Å². The Morgan fingerprint density at radius 3 is 2.11 bits per heavy atom. The van der Waals surface area contributed by atoms with E-state index in [1.807, 2.05) is 6.92 Å². The average molecular weight is 531 g/mol. The number of phenolic OH excluding ortho intramolecular Hbond substituents is 1. The van der Waals surface area contributed by atoms with Crippen LogP contribution in [0, 0.1) is 11.8 Å². The zero-order chi connectivity index (χ0) is 28.4. The number of carbonyl (C=O) groups excluding carboxylic acids is 3. The van der Waals surface area contributed by atoms with Gasteiger partial charge in [0.05, 0.1) is 12.4 Å². The summed E-state index contributed by atoms with van der Waals surface area (Å²) in [6.45, 7) is 7.17. The number of aromatic amines is 1. The molecule has 38 heavy (non-hydrogen) atoms. The van der Waals surface area contributed by atoms with Crippen LogP contribution in [0.15, 0.2) is 36.8 Å². The number of nitrogens with two attached hydrogens (primary N) is 1. The van der Waals surface area contributed by atoms with Gasteiger partial charge in [-0.1, -0.05) is 46.2 Å². The van der Waals surface area contributed by atoms with Crippen molar-refractivity contribution in [2.24, 2.45) is 17.6 Å². The third-order valence-electron chi connectivity index (χ3n) is 6.42. The lowest BCUT2D eigenvalue weighted by atomic mass is 9.96. The number of H-pyrrole nitrogens is 1. The third-order valence-corrected chi connectivity index (χ3v) is 6.42. The summed E-state index contributed by atoms with van der Waals surface area (Å²) in [5, 5.41) is 27.1. The molecule has 2 aromatic rings. The van der Waals surface area contributed by atoms with Crippen LogP contribution < -0.4 is 21.7 Å². The van der Waals surface area contributed by atoms with Gasteiger partial charge in [-0.2, -0.15) is 0 Å². The Labute approximate surface area is 221 Å². The first-order chi connectivity index (χ1) is 17.9. The zero-order valence-electron chi connectivity index (χ0n) is 22.1. The fourth-order valence-corrected chi connectivity index (χ4v) is 3.68. The van der Waals surface area contributed by atoms with Gasteiger partial charge in [-0.05, 0) is 29.5 Å². The molecule has 0 spiro atoms. The van der Waals surface area contributed by atoms with Gasteiger partial charge in [-0.3, -0.25) is 14.4 Å². The van der Waals surface area contributed by atoms with Crippen molar-refractivity contribution < 1.29 is 29.4 Å². The number of carboxylic acid groups (broad SMARTS) is 1. The molecule has 0 aliphatic heterocycles. The molecule has 1 heterocycles. The lowest BCUT2D eigenvalue weighted by Crippen LogP contribution is -2.59. The molecule has 0 aliphatic rings. The number of imidazole rings is 1. The van der Waals surface area contributed by atoms with Gasteiger partial charge in [-0.25, -0.2) is 9.78 Å². The molecule has 5 unspecified atom stereocenters. The predicted octanol–water partition coefficient (Wildman–Crippen LogP) is 0.469. The number of aliphatic carboxylic acids is 1. The first-order valence-corrected chi connectivity index (χ1v) is 12.6. The molecule has 1 aromatic heterocycles. The Bertz CT molecular complexity index is 1070. The van der Waals surface area contributed by atoms with Gasteiger partial charge in [-0.15, -0.1) is 0 Å². The van der Waals surface area contributed by atoms with Crippen LogP contribution in [0.4, 0.5) is 0 Å². The van der Waals surface area contributed by atoms with Gasteiger partial charge in [0, 0.05) is 24.7 Å². The summed E-state index contributed by atoms with van der Waals surface area (Å²) in [4.78, 5) is 58.0. The van der Waals surface area contributed by atoms with Crippen LogP contribution in [-0.4, -0.2) is 68.0 Å². The number of benzene rings is 1. The molecule has 0 aliphatic carbocycles. The van der Waals surface area contributed by atoms with Crippen LogP contribution >= 0.6 is 0 Å². The molecule has 0 bridgehead atoms. The summed E-state index contributed by atoms with van der Waals surface area (Å²) in [5.41, 5.74) is 7.15. The number of amides is 3. The summed E-state index contributed by atoms with van der Waals surface area (Å²) in [6.07, 6.45) is 3.55. The molecular formula is C26H38N6O6. The summed E-state index contributed by atoms with van der Waals surface area (Å²) >= 11 is 0. The second kappa shape index (κ2) is 14.1. The maximum Gasteiger partial charge on any atom is 0.326 e. The van der Waals surface area contributed by atoms with E-state index >= 15 is 0 Å². The van der Waals surface area contributed by atoms with Crippen molar-refractivity contribution in [1.29, 1.82) is 0 Å². The quantitative estimate of drug-likeness (QED) is 0.183. The molecule has 2 rings (SSSR count). The van der Waals surface area contributed by atoms with E-state index in [0.29, 0.717) is 17.7 Å². The van der Waals surface area contributed by atoms with Crippen molar-refractivity contribution in [3.8, 4) is 5.75 Å². The first-order valence-electron chi connectivity index (χ1n) is 12.6. The van der Waals surface area contributed by atoms with Crippen molar-refractivity contribution >= 4 is 23.7 Å². The monoisotopic (exact) mass is 530 g/mol. The van der Waals surface area contributed by atoms with Crippen molar-refractivity contribution in [1.82, 2.24) is 25.9 Å². The molecular weight excluding hydrogens is 492 g/mol. The van der Waals surface area contributed by atoms with Gasteiger partial charge >= 0.3 is 5.97 Å². The maximum atomic E-state index is 13.4. The number of aromatic hydroxyl groups is 1. The third kappa shape index (κ3) is 8.87. The number of hydrogen-bond donors (Lipinski definition) is 7. The van der Waals surface area contributed by atoms with E-state index in [0.717, 1.165) is 0 Å². The van der Waals surface area contributed by atoms with Crippen LogP contribution in [-0.2, 0) is 32.0 Å². The normalized spacial score (nSPS) is 15.1. The average Bonchev–Trinajstić information content (AvgIpc) is 3.39. The Balaban J connectivity index is 2.21. The molecule has 0 saturated heterocycles. The fraction of sp³-hybridized carbons (Fsp3) is 0.500. The Morgan fingerprint density at radius 1 is 0.947 bits per heavy atom. The first kappa shape index (κ1) is 30.3. The smallest absolute Gasteiger partial charge is 0.326 e. The van der Waals surface area contributed by atoms with E-state index in [9.17, 15) is 29.4 Å². The van der Waals surface area contributed by atoms with Crippen LogP contribution in [0.25, 0.3) is 0 Å². The predicted molar refractivity (Wildman–Crippen MR) is 140 cm³/mol. The van der Waals surface area contributed by atoms with E-state index in [1.54, 1.807) is 32.9 Å². The van der Waals surface area contributed by atoms with Crippen LogP contribution in [0.1, 0.15) is 45.4 Å². The van der Waals surface area contributed by atoms with E-state index < -0.39 is 47.9 Å². The van der Waals surface area contributed by atoms with Crippen molar-refractivity contribution in [3.63, 3.8) is 0 Å². The number of carboxylic acids is 1. The molecule has 208 valence electrons. The Morgan fingerprint density at radius 2 is 1.58 bits per heavy atom. The molecule has 0 radical (unpaired) electrons. The van der Waals surface area contributed by atoms with E-state index in [-0.39, 0.29) is 30.4 Å². The molecule has 12 nitrogen and oxygen atoms in total. The molecule has 8 N–H and O–H groups in total. The highest BCUT2D eigenvalue weighted by molar-refractivity contribution is 5.94. The lowest BCUT2D eigenvalue weighted by molar-refractivity contribution is -0.142. The highest BCUT2D eigenvalue weighted by Gasteiger charge is 2.33. The van der Waals surface area contributed by atoms with Crippen molar-refractivity contribution in [3.05, 3.63) is 48.0 Å². The molecule has 3 amide bonds. The minimum Gasteiger partial charge on any atom is -0.508 e. The largest absolute Gasteiger partial charge is 0.508 e. The fourth-order valence-electron chi connectivity index (χ4n) is 3.68. The number of rotatable bonds is 14. The number of phenols is 1. The van der Waals surface area contributed by atoms with Crippen molar-refractivity contribution in [2.45, 2.75) is 71.1 Å². The number of carbonyl (C=O) groups is 4. The summed E-state index contributed by atoms with van der Waals surface area (Å²) in [6, 6.07) is 1.77. The second-order valence-corrected chi connectivity index (χ2v) is 9.75. The lowest BCUT2D eigenvalue weighted by Gasteiger charge is -2.28. The summed E-state index contributed by atoms with van der Waals surface area (Å²) < 4.78 is 0. The standard InChI is InChI=1S/C26H38N6O6/c1-5-15(4)22(25(36)31-20(26(37)38)10-16-6-8-18(33)9-7-16)32-23(34)19(11-17-12-28-13-29-17)30-24(35)21(27)14(2)3/h6-9,12-15,19-22,33H,5,10-11,27H2,1-4H3,(H,28,29)(H,30,35)(H,31,36)(H,32,34)(H,37,38). The SMILES string of the molecule is CCC(C)C(NC(=O)C(Cc1cnc[nH]1)NC(=O)C(N)C(C)C)C(=O)NC(Cc1ccc(O)cc1)C(=O)O. The van der Waals surface area contributed by atoms with Crippen molar-refractivity contribution in [2.75, 3.05) is 0 Å². The number of hydrogen-bond acceptors (Lipinski definition) is 7. The highest BCUT2D eigenvalue weighted by Crippen LogP contribution is 2.13. The topological polar surface area (TPSA) is 200 Å². The van der Waals surface area contributed by atoms with Gasteiger partial charge in [0.15, 0.2) is 0 Å². The Hall–Kier alpha value is -3.93. The maximum absolute atomic E-state index is 13.4. The van der Waals surface area contributed by atoms with Gasteiger partial charge in [0.2, 0.25) is 17.7 Å². The second-order valence-electron chi connectivity index (χ2n) is 9.75. The highest BCUT2D eigenvalue weighted by atomic mass is 16.4. The van der Waals surface area contributed by atoms with Gasteiger partial charge in [0.25, 0.3) is 0 Å². The number of nitrogens with zero attached hydrogens (tertiary/aromatic N) is 1. The van der Waals surface area contributed by atoms with Gasteiger partial charge in [0.1, 0.15) is 23.9 Å². The van der Waals surface area contributed by atoms with E-state index in [1.165, 1.54) is 24.7 Å². The van der Waals surface area contributed by atoms with Crippen LogP contribution in [0.2, 0.25) is 0 Å². The molecule has 0 fully saturated rings.